The number of rotatable bonds is 3. The molecule has 0 unspecified atom stereocenters. The van der Waals surface area contributed by atoms with E-state index >= 15 is 0 Å². The van der Waals surface area contributed by atoms with Crippen LogP contribution in [0.25, 0.3) is 5.52 Å². The van der Waals surface area contributed by atoms with Gasteiger partial charge in [0.1, 0.15) is 0 Å². The van der Waals surface area contributed by atoms with E-state index in [2.05, 4.69) is 23.9 Å². The van der Waals surface area contributed by atoms with Crippen molar-refractivity contribution >= 4 is 5.52 Å². The van der Waals surface area contributed by atoms with Crippen LogP contribution in [0.3, 0.4) is 0 Å². The van der Waals surface area contributed by atoms with Crippen LogP contribution in [-0.4, -0.2) is 21.7 Å². The number of hydrogen-bond donors (Lipinski definition) is 0. The molecular weight excluding hydrogens is 190 g/mol. The van der Waals surface area contributed by atoms with Crippen molar-refractivity contribution in [1.29, 1.82) is 0 Å². The van der Waals surface area contributed by atoms with Crippen molar-refractivity contribution in [2.45, 2.75) is 26.4 Å². The van der Waals surface area contributed by atoms with Gasteiger partial charge in [-0.2, -0.15) is 5.10 Å². The molecule has 0 saturated carbocycles. The summed E-state index contributed by atoms with van der Waals surface area (Å²) in [5.41, 5.74) is 3.08. The summed E-state index contributed by atoms with van der Waals surface area (Å²) in [6.07, 6.45) is 3.65. The molecule has 0 aromatic carbocycles. The zero-order chi connectivity index (χ0) is 10.8. The lowest BCUT2D eigenvalue weighted by atomic mass is 10.1. The van der Waals surface area contributed by atoms with Crippen molar-refractivity contribution in [3.63, 3.8) is 0 Å². The maximum absolute atomic E-state index is 5.06. The van der Waals surface area contributed by atoms with Crippen molar-refractivity contribution in [1.82, 2.24) is 14.6 Å². The molecule has 2 aromatic heterocycles. The quantitative estimate of drug-likeness (QED) is 0.769. The average molecular weight is 205 g/mol. The molecule has 2 heterocycles. The molecular formula is C11H15N3O. The van der Waals surface area contributed by atoms with E-state index < -0.39 is 0 Å². The summed E-state index contributed by atoms with van der Waals surface area (Å²) < 4.78 is 6.92. The molecule has 4 heteroatoms. The summed E-state index contributed by atoms with van der Waals surface area (Å²) in [5.74, 6) is 0.404. The van der Waals surface area contributed by atoms with E-state index in [9.17, 15) is 0 Å². The van der Waals surface area contributed by atoms with Crippen LogP contribution in [0.5, 0.6) is 0 Å². The van der Waals surface area contributed by atoms with E-state index in [1.165, 1.54) is 0 Å². The Hall–Kier alpha value is -1.42. The third-order valence-corrected chi connectivity index (χ3v) is 2.31. The van der Waals surface area contributed by atoms with Crippen LogP contribution in [0.1, 0.15) is 31.2 Å². The number of ether oxygens (including phenoxy) is 1. The summed E-state index contributed by atoms with van der Waals surface area (Å²) >= 11 is 0. The van der Waals surface area contributed by atoms with Crippen LogP contribution in [0.4, 0.5) is 0 Å². The third kappa shape index (κ3) is 1.85. The number of fused-ring (bicyclic) bond motifs is 1. The van der Waals surface area contributed by atoms with Gasteiger partial charge in [-0.3, -0.25) is 4.98 Å². The summed E-state index contributed by atoms with van der Waals surface area (Å²) in [7, 11) is 1.67. The normalized spacial score (nSPS) is 11.5. The molecule has 80 valence electrons. The van der Waals surface area contributed by atoms with Crippen molar-refractivity contribution in [2.75, 3.05) is 7.11 Å². The molecule has 0 radical (unpaired) electrons. The highest BCUT2D eigenvalue weighted by Gasteiger charge is 2.09. The zero-order valence-corrected chi connectivity index (χ0v) is 9.27. The van der Waals surface area contributed by atoms with Crippen molar-refractivity contribution in [2.24, 2.45) is 0 Å². The SMILES string of the molecule is COCc1cc2c(C(C)C)nccn2n1. The maximum Gasteiger partial charge on any atom is 0.0903 e. The fraction of sp³-hybridized carbons (Fsp3) is 0.455. The molecule has 0 N–H and O–H groups in total. The van der Waals surface area contributed by atoms with Gasteiger partial charge in [0.25, 0.3) is 0 Å². The minimum absolute atomic E-state index is 0.404. The van der Waals surface area contributed by atoms with E-state index in [0.717, 1.165) is 16.9 Å². The first kappa shape index (κ1) is 10.1. The zero-order valence-electron chi connectivity index (χ0n) is 9.27. The smallest absolute Gasteiger partial charge is 0.0903 e. The molecule has 0 bridgehead atoms. The first-order valence-corrected chi connectivity index (χ1v) is 5.04. The highest BCUT2D eigenvalue weighted by Crippen LogP contribution is 2.18. The van der Waals surface area contributed by atoms with E-state index in [0.29, 0.717) is 12.5 Å². The van der Waals surface area contributed by atoms with Crippen molar-refractivity contribution < 1.29 is 4.74 Å². The second kappa shape index (κ2) is 3.98. The van der Waals surface area contributed by atoms with Gasteiger partial charge in [0.05, 0.1) is 23.5 Å². The molecule has 4 nitrogen and oxygen atoms in total. The number of aromatic nitrogens is 3. The largest absolute Gasteiger partial charge is 0.378 e. The molecule has 0 atom stereocenters. The Morgan fingerprint density at radius 1 is 1.47 bits per heavy atom. The van der Waals surface area contributed by atoms with Crippen LogP contribution in [-0.2, 0) is 11.3 Å². The van der Waals surface area contributed by atoms with Gasteiger partial charge in [-0.05, 0) is 12.0 Å². The Balaban J connectivity index is 2.54. The number of methoxy groups -OCH3 is 1. The molecule has 2 rings (SSSR count). The van der Waals surface area contributed by atoms with Crippen LogP contribution < -0.4 is 0 Å². The Labute approximate surface area is 88.9 Å². The molecule has 0 fully saturated rings. The van der Waals surface area contributed by atoms with E-state index in [4.69, 9.17) is 4.74 Å². The minimum atomic E-state index is 0.404. The summed E-state index contributed by atoms with van der Waals surface area (Å²) in [6, 6.07) is 2.03. The van der Waals surface area contributed by atoms with E-state index in [1.807, 2.05) is 16.8 Å². The van der Waals surface area contributed by atoms with Gasteiger partial charge in [0.15, 0.2) is 0 Å². The maximum atomic E-state index is 5.06. The molecule has 0 amide bonds. The predicted octanol–water partition coefficient (Wildman–Crippen LogP) is 2.00. The fourth-order valence-corrected chi connectivity index (χ4v) is 1.66. The molecule has 0 spiro atoms. The fourth-order valence-electron chi connectivity index (χ4n) is 1.66. The van der Waals surface area contributed by atoms with Crippen LogP contribution >= 0.6 is 0 Å². The lowest BCUT2D eigenvalue weighted by Gasteiger charge is -2.04. The Kier molecular flexibility index (Phi) is 2.68. The molecule has 0 aliphatic carbocycles. The van der Waals surface area contributed by atoms with Crippen LogP contribution in [0.2, 0.25) is 0 Å². The minimum Gasteiger partial charge on any atom is -0.378 e. The number of nitrogens with zero attached hydrogens (tertiary/aromatic N) is 3. The molecule has 0 aliphatic rings. The van der Waals surface area contributed by atoms with Crippen LogP contribution in [0.15, 0.2) is 18.5 Å². The second-order valence-electron chi connectivity index (χ2n) is 3.87. The van der Waals surface area contributed by atoms with Gasteiger partial charge in [0, 0.05) is 19.5 Å². The average Bonchev–Trinajstić information content (AvgIpc) is 2.59. The van der Waals surface area contributed by atoms with Gasteiger partial charge in [-0.15, -0.1) is 0 Å². The predicted molar refractivity (Wildman–Crippen MR) is 57.8 cm³/mol. The Bertz CT molecular complexity index is 462. The lowest BCUT2D eigenvalue weighted by molar-refractivity contribution is 0.181. The molecule has 0 saturated heterocycles. The lowest BCUT2D eigenvalue weighted by Crippen LogP contribution is -1.97. The number of hydrogen-bond acceptors (Lipinski definition) is 3. The van der Waals surface area contributed by atoms with E-state index in [1.54, 1.807) is 13.3 Å². The monoisotopic (exact) mass is 205 g/mol. The second-order valence-corrected chi connectivity index (χ2v) is 3.87. The van der Waals surface area contributed by atoms with Gasteiger partial charge in [0.2, 0.25) is 0 Å². The first-order chi connectivity index (χ1) is 7.22. The topological polar surface area (TPSA) is 39.4 Å². The van der Waals surface area contributed by atoms with Crippen LogP contribution in [0, 0.1) is 0 Å². The standard InChI is InChI=1S/C11H15N3O/c1-8(2)11-10-6-9(7-15-3)13-14(10)5-4-12-11/h4-6,8H,7H2,1-3H3. The highest BCUT2D eigenvalue weighted by atomic mass is 16.5. The van der Waals surface area contributed by atoms with Gasteiger partial charge < -0.3 is 4.74 Å². The van der Waals surface area contributed by atoms with Gasteiger partial charge in [-0.1, -0.05) is 13.8 Å². The van der Waals surface area contributed by atoms with E-state index in [-0.39, 0.29) is 0 Å². The van der Waals surface area contributed by atoms with Gasteiger partial charge >= 0.3 is 0 Å². The van der Waals surface area contributed by atoms with Crippen molar-refractivity contribution in [3.8, 4) is 0 Å². The molecule has 2 aromatic rings. The van der Waals surface area contributed by atoms with Gasteiger partial charge in [-0.25, -0.2) is 4.52 Å². The molecule has 0 aliphatic heterocycles. The summed E-state index contributed by atoms with van der Waals surface area (Å²) in [6.45, 7) is 4.80. The highest BCUT2D eigenvalue weighted by molar-refractivity contribution is 5.53. The summed E-state index contributed by atoms with van der Waals surface area (Å²) in [4.78, 5) is 4.38. The molecule has 15 heavy (non-hydrogen) atoms. The summed E-state index contributed by atoms with van der Waals surface area (Å²) in [5, 5.41) is 4.40. The Morgan fingerprint density at radius 3 is 2.93 bits per heavy atom. The van der Waals surface area contributed by atoms with Crippen molar-refractivity contribution in [3.05, 3.63) is 29.8 Å². The Morgan fingerprint density at radius 2 is 2.27 bits per heavy atom. The third-order valence-electron chi connectivity index (χ3n) is 2.31. The first-order valence-electron chi connectivity index (χ1n) is 5.04.